The van der Waals surface area contributed by atoms with Crippen LogP contribution in [-0.2, 0) is 9.84 Å². The van der Waals surface area contributed by atoms with E-state index in [2.05, 4.69) is 0 Å². The number of ketones is 1. The van der Waals surface area contributed by atoms with Gasteiger partial charge in [-0.25, -0.2) is 13.2 Å². The van der Waals surface area contributed by atoms with Crippen molar-refractivity contribution in [2.24, 2.45) is 0 Å². The molecule has 7 heteroatoms. The molecule has 134 valence electrons. The molecule has 0 bridgehead atoms. The lowest BCUT2D eigenvalue weighted by atomic mass is 10.0. The largest absolute Gasteiger partial charge is 0.421 e. The summed E-state index contributed by atoms with van der Waals surface area (Å²) in [6.45, 7) is 0. The number of ether oxygens (including phenoxy) is 1. The fourth-order valence-electron chi connectivity index (χ4n) is 2.90. The van der Waals surface area contributed by atoms with Crippen LogP contribution in [0.3, 0.4) is 0 Å². The van der Waals surface area contributed by atoms with Gasteiger partial charge in [0.1, 0.15) is 5.75 Å². The average molecular weight is 399 g/mol. The first-order chi connectivity index (χ1) is 12.9. The summed E-state index contributed by atoms with van der Waals surface area (Å²) in [4.78, 5) is 24.8. The second kappa shape index (κ2) is 6.33. The summed E-state index contributed by atoms with van der Waals surface area (Å²) < 4.78 is 31.0. The van der Waals surface area contributed by atoms with Crippen molar-refractivity contribution in [3.05, 3.63) is 88.4 Å². The molecule has 0 fully saturated rings. The highest BCUT2D eigenvalue weighted by Crippen LogP contribution is 2.35. The zero-order valence-corrected chi connectivity index (χ0v) is 15.3. The SMILES string of the molecule is O=C(Oc1ccccc1Cl)c1ccc2c(c1)S(=O)(=O)c1ccccc1C2=O. The lowest BCUT2D eigenvalue weighted by molar-refractivity contribution is 0.0734. The van der Waals surface area contributed by atoms with Gasteiger partial charge in [-0.3, -0.25) is 4.79 Å². The fraction of sp³-hybridized carbons (Fsp3) is 0. The standard InChI is InChI=1S/C20H11ClO5S/c21-15-6-2-3-7-16(15)26-20(23)12-9-10-14-18(11-12)27(24,25)17-8-4-1-5-13(17)19(14)22/h1-11H. The number of hydrogen-bond acceptors (Lipinski definition) is 5. The van der Waals surface area contributed by atoms with Crippen molar-refractivity contribution in [1.82, 2.24) is 0 Å². The molecule has 0 radical (unpaired) electrons. The average Bonchev–Trinajstić information content (AvgIpc) is 2.68. The van der Waals surface area contributed by atoms with E-state index >= 15 is 0 Å². The quantitative estimate of drug-likeness (QED) is 0.377. The van der Waals surface area contributed by atoms with Gasteiger partial charge < -0.3 is 4.74 Å². The van der Waals surface area contributed by atoms with Gasteiger partial charge in [0, 0.05) is 11.1 Å². The van der Waals surface area contributed by atoms with Crippen LogP contribution in [0, 0.1) is 0 Å². The molecule has 0 saturated heterocycles. The molecular weight excluding hydrogens is 388 g/mol. The number of halogens is 1. The molecular formula is C20H11ClO5S. The number of para-hydroxylation sites is 1. The first-order valence-electron chi connectivity index (χ1n) is 7.89. The molecule has 3 aromatic carbocycles. The zero-order valence-electron chi connectivity index (χ0n) is 13.7. The molecule has 5 nitrogen and oxygen atoms in total. The maximum Gasteiger partial charge on any atom is 0.343 e. The first kappa shape index (κ1) is 17.5. The van der Waals surface area contributed by atoms with Crippen LogP contribution in [-0.4, -0.2) is 20.2 Å². The summed E-state index contributed by atoms with van der Waals surface area (Å²) in [5, 5.41) is 0.250. The monoisotopic (exact) mass is 398 g/mol. The molecule has 0 N–H and O–H groups in total. The number of sulfone groups is 1. The highest BCUT2D eigenvalue weighted by atomic mass is 35.5. The summed E-state index contributed by atoms with van der Waals surface area (Å²) in [5.41, 5.74) is 0.156. The second-order valence-electron chi connectivity index (χ2n) is 5.86. The highest BCUT2D eigenvalue weighted by Gasteiger charge is 2.35. The number of esters is 1. The fourth-order valence-corrected chi connectivity index (χ4v) is 4.75. The Morgan fingerprint density at radius 3 is 2.30 bits per heavy atom. The lowest BCUT2D eigenvalue weighted by Crippen LogP contribution is -2.21. The Morgan fingerprint density at radius 1 is 0.852 bits per heavy atom. The maximum atomic E-state index is 12.9. The van der Waals surface area contributed by atoms with E-state index in [1.807, 2.05) is 0 Å². The molecule has 0 amide bonds. The Kier molecular flexibility index (Phi) is 4.09. The van der Waals surface area contributed by atoms with E-state index in [0.29, 0.717) is 0 Å². The molecule has 1 aliphatic rings. The Hall–Kier alpha value is -2.96. The van der Waals surface area contributed by atoms with Crippen LogP contribution in [0.2, 0.25) is 5.02 Å². The van der Waals surface area contributed by atoms with Crippen LogP contribution in [0.15, 0.2) is 76.5 Å². The lowest BCUT2D eigenvalue weighted by Gasteiger charge is -2.19. The van der Waals surface area contributed by atoms with Gasteiger partial charge in [-0.2, -0.15) is 0 Å². The summed E-state index contributed by atoms with van der Waals surface area (Å²) >= 11 is 5.97. The Balaban J connectivity index is 1.78. The number of carbonyl (C=O) groups is 2. The molecule has 0 saturated carbocycles. The van der Waals surface area contributed by atoms with Crippen LogP contribution >= 0.6 is 11.6 Å². The van der Waals surface area contributed by atoms with E-state index in [1.165, 1.54) is 30.3 Å². The summed E-state index contributed by atoms with van der Waals surface area (Å²) in [5.74, 6) is -1.01. The van der Waals surface area contributed by atoms with Gasteiger partial charge in [-0.05, 0) is 42.5 Å². The molecule has 3 aromatic rings. The number of rotatable bonds is 2. The normalized spacial score (nSPS) is 14.2. The van der Waals surface area contributed by atoms with Gasteiger partial charge in [-0.1, -0.05) is 35.9 Å². The van der Waals surface area contributed by atoms with E-state index in [4.69, 9.17) is 16.3 Å². The third kappa shape index (κ3) is 2.83. The Bertz CT molecular complexity index is 1210. The van der Waals surface area contributed by atoms with Crippen molar-refractivity contribution in [1.29, 1.82) is 0 Å². The van der Waals surface area contributed by atoms with Crippen molar-refractivity contribution < 1.29 is 22.7 Å². The van der Waals surface area contributed by atoms with Crippen molar-refractivity contribution in [2.75, 3.05) is 0 Å². The van der Waals surface area contributed by atoms with E-state index in [0.717, 1.165) is 6.07 Å². The number of hydrogen-bond donors (Lipinski definition) is 0. The molecule has 4 rings (SSSR count). The van der Waals surface area contributed by atoms with Crippen LogP contribution in [0.1, 0.15) is 26.3 Å². The first-order valence-corrected chi connectivity index (χ1v) is 9.75. The van der Waals surface area contributed by atoms with Crippen LogP contribution < -0.4 is 4.74 Å². The Labute approximate surface area is 160 Å². The Morgan fingerprint density at radius 2 is 1.52 bits per heavy atom. The molecule has 0 aromatic heterocycles. The molecule has 1 aliphatic heterocycles. The third-order valence-corrected chi connectivity index (χ3v) is 6.38. The van der Waals surface area contributed by atoms with Crippen molar-refractivity contribution in [3.63, 3.8) is 0 Å². The molecule has 0 unspecified atom stereocenters. The van der Waals surface area contributed by atoms with E-state index in [-0.39, 0.29) is 37.3 Å². The zero-order chi connectivity index (χ0) is 19.2. The van der Waals surface area contributed by atoms with Gasteiger partial charge in [0.15, 0.2) is 5.78 Å². The third-order valence-electron chi connectivity index (χ3n) is 4.21. The smallest absolute Gasteiger partial charge is 0.343 e. The van der Waals surface area contributed by atoms with Crippen molar-refractivity contribution in [3.8, 4) is 5.75 Å². The highest BCUT2D eigenvalue weighted by molar-refractivity contribution is 7.91. The molecule has 27 heavy (non-hydrogen) atoms. The number of carbonyl (C=O) groups excluding carboxylic acids is 2. The van der Waals surface area contributed by atoms with Gasteiger partial charge in [0.2, 0.25) is 9.84 Å². The number of fused-ring (bicyclic) bond motifs is 2. The number of benzene rings is 3. The van der Waals surface area contributed by atoms with Gasteiger partial charge in [0.25, 0.3) is 0 Å². The minimum absolute atomic E-state index is 0.00410. The van der Waals surface area contributed by atoms with Gasteiger partial charge in [-0.15, -0.1) is 0 Å². The summed E-state index contributed by atoms with van der Waals surface area (Å²) in [6.07, 6.45) is 0. The van der Waals surface area contributed by atoms with E-state index in [1.54, 1.807) is 30.3 Å². The van der Waals surface area contributed by atoms with Crippen LogP contribution in [0.4, 0.5) is 0 Å². The molecule has 1 heterocycles. The predicted molar refractivity (Wildman–Crippen MR) is 98.2 cm³/mol. The summed E-state index contributed by atoms with van der Waals surface area (Å²) in [6, 6.07) is 16.3. The van der Waals surface area contributed by atoms with Gasteiger partial charge in [0.05, 0.1) is 20.4 Å². The summed E-state index contributed by atoms with van der Waals surface area (Å²) in [7, 11) is -3.93. The second-order valence-corrected chi connectivity index (χ2v) is 8.15. The van der Waals surface area contributed by atoms with E-state index in [9.17, 15) is 18.0 Å². The minimum Gasteiger partial charge on any atom is -0.421 e. The maximum absolute atomic E-state index is 12.9. The molecule has 0 spiro atoms. The molecule has 0 atom stereocenters. The van der Waals surface area contributed by atoms with Gasteiger partial charge >= 0.3 is 5.97 Å². The van der Waals surface area contributed by atoms with Crippen molar-refractivity contribution in [2.45, 2.75) is 9.79 Å². The van der Waals surface area contributed by atoms with Crippen LogP contribution in [0.5, 0.6) is 5.75 Å². The van der Waals surface area contributed by atoms with E-state index < -0.39 is 21.6 Å². The van der Waals surface area contributed by atoms with Crippen LogP contribution in [0.25, 0.3) is 0 Å². The minimum atomic E-state index is -3.93. The molecule has 0 aliphatic carbocycles. The predicted octanol–water partition coefficient (Wildman–Crippen LogP) is 3.94. The topological polar surface area (TPSA) is 77.5 Å². The van der Waals surface area contributed by atoms with Crippen molar-refractivity contribution >= 4 is 33.2 Å².